The van der Waals surface area contributed by atoms with Crippen LogP contribution in [0.25, 0.3) is 5.65 Å². The van der Waals surface area contributed by atoms with Crippen LogP contribution < -0.4 is 0 Å². The zero-order chi connectivity index (χ0) is 13.2. The number of rotatable bonds is 3. The Morgan fingerprint density at radius 2 is 2.05 bits per heavy atom. The van der Waals surface area contributed by atoms with Crippen molar-refractivity contribution in [2.45, 2.75) is 43.1 Å². The Labute approximate surface area is 124 Å². The second-order valence-electron chi connectivity index (χ2n) is 5.13. The van der Waals surface area contributed by atoms with Gasteiger partial charge in [-0.05, 0) is 40.9 Å². The van der Waals surface area contributed by atoms with Crippen molar-refractivity contribution in [3.8, 4) is 0 Å². The molecule has 0 N–H and O–H groups in total. The van der Waals surface area contributed by atoms with Gasteiger partial charge in [-0.25, -0.2) is 4.98 Å². The van der Waals surface area contributed by atoms with E-state index in [1.807, 2.05) is 28.9 Å². The van der Waals surface area contributed by atoms with Gasteiger partial charge in [0.1, 0.15) is 5.65 Å². The van der Waals surface area contributed by atoms with E-state index in [4.69, 9.17) is 0 Å². The zero-order valence-corrected chi connectivity index (χ0v) is 13.1. The van der Waals surface area contributed by atoms with Gasteiger partial charge in [-0.3, -0.25) is 4.21 Å². The summed E-state index contributed by atoms with van der Waals surface area (Å²) in [5.41, 5.74) is 1.85. The molecule has 0 radical (unpaired) electrons. The fourth-order valence-corrected chi connectivity index (χ4v) is 4.56. The van der Waals surface area contributed by atoms with Gasteiger partial charge in [0.15, 0.2) is 0 Å². The van der Waals surface area contributed by atoms with Gasteiger partial charge in [-0.15, -0.1) is 0 Å². The first-order valence-electron chi connectivity index (χ1n) is 6.73. The molecule has 0 aliphatic heterocycles. The van der Waals surface area contributed by atoms with Crippen LogP contribution in [0.1, 0.15) is 37.8 Å². The van der Waals surface area contributed by atoms with E-state index in [-0.39, 0.29) is 0 Å². The smallest absolute Gasteiger partial charge is 0.137 e. The van der Waals surface area contributed by atoms with E-state index in [1.54, 1.807) is 0 Å². The highest BCUT2D eigenvalue weighted by Gasteiger charge is 2.20. The van der Waals surface area contributed by atoms with E-state index >= 15 is 0 Å². The number of hydrogen-bond acceptors (Lipinski definition) is 2. The molecule has 0 amide bonds. The quantitative estimate of drug-likeness (QED) is 0.854. The standard InChI is InChI=1S/C14H17BrN2OS/c15-11-6-7-14-16-12(9-17(14)8-11)10-19(18)13-4-2-1-3-5-13/h6-9,13H,1-5,10H2/t19-/m0/s1. The molecule has 3 nitrogen and oxygen atoms in total. The van der Waals surface area contributed by atoms with Crippen LogP contribution in [-0.4, -0.2) is 18.8 Å². The first-order chi connectivity index (χ1) is 9.22. The second kappa shape index (κ2) is 5.75. The lowest BCUT2D eigenvalue weighted by atomic mass is 10.0. The molecule has 102 valence electrons. The molecule has 2 aromatic heterocycles. The fraction of sp³-hybridized carbons (Fsp3) is 0.500. The van der Waals surface area contributed by atoms with Crippen LogP contribution in [0.4, 0.5) is 0 Å². The van der Waals surface area contributed by atoms with E-state index < -0.39 is 10.8 Å². The maximum absolute atomic E-state index is 12.4. The Kier molecular flexibility index (Phi) is 4.03. The number of halogens is 1. The first-order valence-corrected chi connectivity index (χ1v) is 8.90. The first kappa shape index (κ1) is 13.3. The van der Waals surface area contributed by atoms with E-state index in [0.29, 0.717) is 11.0 Å². The maximum atomic E-state index is 12.4. The zero-order valence-electron chi connectivity index (χ0n) is 10.7. The summed E-state index contributed by atoms with van der Waals surface area (Å²) in [4.78, 5) is 4.54. The molecule has 0 saturated heterocycles. The molecule has 3 rings (SSSR count). The molecule has 19 heavy (non-hydrogen) atoms. The third-order valence-corrected chi connectivity index (χ3v) is 5.94. The average Bonchev–Trinajstić information content (AvgIpc) is 2.81. The van der Waals surface area contributed by atoms with Gasteiger partial charge in [0.05, 0.1) is 11.4 Å². The predicted octanol–water partition coefficient (Wildman–Crippen LogP) is 3.68. The number of nitrogens with zero attached hydrogens (tertiary/aromatic N) is 2. The van der Waals surface area contributed by atoms with Crippen molar-refractivity contribution in [2.75, 3.05) is 0 Å². The van der Waals surface area contributed by atoms with Gasteiger partial charge in [0.2, 0.25) is 0 Å². The van der Waals surface area contributed by atoms with E-state index in [9.17, 15) is 4.21 Å². The Morgan fingerprint density at radius 3 is 2.84 bits per heavy atom. The number of hydrogen-bond donors (Lipinski definition) is 0. The van der Waals surface area contributed by atoms with E-state index in [1.165, 1.54) is 19.3 Å². The monoisotopic (exact) mass is 340 g/mol. The number of imidazole rings is 1. The molecular formula is C14H17BrN2OS. The minimum atomic E-state index is -0.777. The van der Waals surface area contributed by atoms with Gasteiger partial charge >= 0.3 is 0 Å². The van der Waals surface area contributed by atoms with Crippen molar-refractivity contribution in [1.29, 1.82) is 0 Å². The summed E-state index contributed by atoms with van der Waals surface area (Å²) in [7, 11) is -0.777. The molecule has 2 heterocycles. The minimum Gasteiger partial charge on any atom is -0.306 e. The molecule has 1 saturated carbocycles. The molecule has 0 aromatic carbocycles. The molecule has 1 aliphatic carbocycles. The third kappa shape index (κ3) is 3.08. The number of fused-ring (bicyclic) bond motifs is 1. The average molecular weight is 341 g/mol. The molecule has 2 aromatic rings. The minimum absolute atomic E-state index is 0.380. The Hall–Kier alpha value is -0.680. The summed E-state index contributed by atoms with van der Waals surface area (Å²) < 4.78 is 15.4. The molecule has 1 atom stereocenters. The van der Waals surface area contributed by atoms with E-state index in [2.05, 4.69) is 20.9 Å². The van der Waals surface area contributed by atoms with Crippen molar-refractivity contribution in [1.82, 2.24) is 9.38 Å². The summed E-state index contributed by atoms with van der Waals surface area (Å²) in [6.45, 7) is 0. The summed E-state index contributed by atoms with van der Waals surface area (Å²) in [6.07, 6.45) is 9.96. The molecule has 5 heteroatoms. The molecule has 1 fully saturated rings. The van der Waals surface area contributed by atoms with Crippen molar-refractivity contribution in [3.63, 3.8) is 0 Å². The molecular weight excluding hydrogens is 324 g/mol. The predicted molar refractivity (Wildman–Crippen MR) is 81.6 cm³/mol. The van der Waals surface area contributed by atoms with Gasteiger partial charge < -0.3 is 4.40 Å². The van der Waals surface area contributed by atoms with Crippen molar-refractivity contribution < 1.29 is 4.21 Å². The van der Waals surface area contributed by atoms with Crippen LogP contribution in [0.2, 0.25) is 0 Å². The topological polar surface area (TPSA) is 34.4 Å². The number of pyridine rings is 1. The Balaban J connectivity index is 1.75. The maximum Gasteiger partial charge on any atom is 0.137 e. The van der Waals surface area contributed by atoms with Gasteiger partial charge in [-0.2, -0.15) is 0 Å². The lowest BCUT2D eigenvalue weighted by Gasteiger charge is -2.20. The van der Waals surface area contributed by atoms with Gasteiger partial charge in [-0.1, -0.05) is 19.3 Å². The summed E-state index contributed by atoms with van der Waals surface area (Å²) in [5.74, 6) is 0.587. The van der Waals surface area contributed by atoms with Crippen LogP contribution >= 0.6 is 15.9 Å². The highest BCUT2D eigenvalue weighted by molar-refractivity contribution is 9.10. The fourth-order valence-electron chi connectivity index (χ4n) is 2.68. The van der Waals surface area contributed by atoms with Gasteiger partial charge in [0.25, 0.3) is 0 Å². The molecule has 1 aliphatic rings. The highest BCUT2D eigenvalue weighted by Crippen LogP contribution is 2.24. The summed E-state index contributed by atoms with van der Waals surface area (Å²) in [6, 6.07) is 3.95. The molecule has 0 unspecified atom stereocenters. The summed E-state index contributed by atoms with van der Waals surface area (Å²) in [5, 5.41) is 0.380. The van der Waals surface area contributed by atoms with Crippen LogP contribution in [0.5, 0.6) is 0 Å². The number of aromatic nitrogens is 2. The summed E-state index contributed by atoms with van der Waals surface area (Å²) >= 11 is 3.45. The third-order valence-electron chi connectivity index (χ3n) is 3.68. The normalized spacial score (nSPS) is 18.8. The van der Waals surface area contributed by atoms with Crippen LogP contribution in [0.15, 0.2) is 29.0 Å². The molecule has 0 bridgehead atoms. The lowest BCUT2D eigenvalue weighted by Crippen LogP contribution is -2.19. The van der Waals surface area contributed by atoms with Crippen LogP contribution in [0.3, 0.4) is 0 Å². The largest absolute Gasteiger partial charge is 0.306 e. The second-order valence-corrected chi connectivity index (χ2v) is 7.76. The van der Waals surface area contributed by atoms with Crippen LogP contribution in [0, 0.1) is 0 Å². The SMILES string of the molecule is O=[S@@](Cc1cn2cc(Br)ccc2n1)C1CCCCC1. The molecule has 0 spiro atoms. The van der Waals surface area contributed by atoms with E-state index in [0.717, 1.165) is 28.7 Å². The Bertz CT molecular complexity index is 605. The highest BCUT2D eigenvalue weighted by atomic mass is 79.9. The van der Waals surface area contributed by atoms with Crippen LogP contribution in [-0.2, 0) is 16.6 Å². The van der Waals surface area contributed by atoms with Crippen molar-refractivity contribution >= 4 is 32.4 Å². The lowest BCUT2D eigenvalue weighted by molar-refractivity contribution is 0.504. The van der Waals surface area contributed by atoms with Crippen molar-refractivity contribution in [3.05, 3.63) is 34.7 Å². The van der Waals surface area contributed by atoms with Crippen molar-refractivity contribution in [2.24, 2.45) is 0 Å². The van der Waals surface area contributed by atoms with Gasteiger partial charge in [0, 0.05) is 32.9 Å². The Morgan fingerprint density at radius 1 is 1.26 bits per heavy atom.